The van der Waals surface area contributed by atoms with Crippen LogP contribution >= 0.6 is 0 Å². The second kappa shape index (κ2) is 6.49. The van der Waals surface area contributed by atoms with Crippen LogP contribution in [0.3, 0.4) is 0 Å². The first kappa shape index (κ1) is 16.7. The van der Waals surface area contributed by atoms with Crippen molar-refractivity contribution in [1.82, 2.24) is 24.5 Å². The third-order valence-electron chi connectivity index (χ3n) is 4.85. The topological polar surface area (TPSA) is 83.6 Å². The summed E-state index contributed by atoms with van der Waals surface area (Å²) in [5.41, 5.74) is 2.20. The van der Waals surface area contributed by atoms with E-state index in [9.17, 15) is 9.90 Å². The fourth-order valence-electron chi connectivity index (χ4n) is 3.17. The summed E-state index contributed by atoms with van der Waals surface area (Å²) in [4.78, 5) is 18.9. The van der Waals surface area contributed by atoms with Crippen LogP contribution in [0.5, 0.6) is 0 Å². The molecular weight excluding hydrogens is 330 g/mol. The molecule has 0 aliphatic carbocycles. The fourth-order valence-corrected chi connectivity index (χ4v) is 3.17. The number of aliphatic hydroxyl groups excluding tert-OH is 1. The van der Waals surface area contributed by atoms with Crippen LogP contribution in [0.25, 0.3) is 5.65 Å². The zero-order valence-electron chi connectivity index (χ0n) is 14.8. The molecule has 1 amide bonds. The lowest BCUT2D eigenvalue weighted by Crippen LogP contribution is -2.48. The minimum absolute atomic E-state index is 0.0104. The van der Waals surface area contributed by atoms with Gasteiger partial charge in [0.1, 0.15) is 6.10 Å². The van der Waals surface area contributed by atoms with Crippen LogP contribution in [0, 0.1) is 5.92 Å². The third kappa shape index (κ3) is 2.84. The highest BCUT2D eigenvalue weighted by Gasteiger charge is 2.33. The average molecular weight is 351 g/mol. The lowest BCUT2D eigenvalue weighted by Gasteiger charge is -2.39. The van der Waals surface area contributed by atoms with Crippen molar-refractivity contribution in [1.29, 1.82) is 0 Å². The lowest BCUT2D eigenvalue weighted by atomic mass is 9.95. The number of carbonyl (C=O) groups excluding carboxylic acids is 1. The Morgan fingerprint density at radius 3 is 2.69 bits per heavy atom. The zero-order valence-corrected chi connectivity index (χ0v) is 14.8. The number of likely N-dealkylation sites (tertiary alicyclic amines) is 1. The van der Waals surface area contributed by atoms with E-state index in [1.54, 1.807) is 28.9 Å². The van der Waals surface area contributed by atoms with Gasteiger partial charge in [0.2, 0.25) is 0 Å². The number of pyridine rings is 2. The lowest BCUT2D eigenvalue weighted by molar-refractivity contribution is 0.0598. The minimum atomic E-state index is -0.729. The summed E-state index contributed by atoms with van der Waals surface area (Å²) in [6.07, 6.45) is 2.77. The Balaban J connectivity index is 1.54. The Labute approximate surface area is 151 Å². The summed E-state index contributed by atoms with van der Waals surface area (Å²) in [6.45, 7) is 5.16. The van der Waals surface area contributed by atoms with Gasteiger partial charge in [0.15, 0.2) is 11.5 Å². The summed E-state index contributed by atoms with van der Waals surface area (Å²) >= 11 is 0. The fraction of sp³-hybridized carbons (Fsp3) is 0.368. The Bertz CT molecular complexity index is 932. The molecule has 1 aliphatic heterocycles. The number of hydrogen-bond donors (Lipinski definition) is 1. The highest BCUT2D eigenvalue weighted by Crippen LogP contribution is 2.27. The second-order valence-corrected chi connectivity index (χ2v) is 7.05. The number of hydrogen-bond acceptors (Lipinski definition) is 5. The number of aromatic nitrogens is 4. The van der Waals surface area contributed by atoms with Gasteiger partial charge < -0.3 is 10.0 Å². The first-order valence-electron chi connectivity index (χ1n) is 8.77. The normalized spacial score (nSPS) is 16.1. The van der Waals surface area contributed by atoms with Gasteiger partial charge in [-0.2, -0.15) is 0 Å². The molecule has 4 heterocycles. The standard InChI is InChI=1S/C19H21N5O2/c1-12(2)17(25)18-22-21-16-7-6-13(11-24(16)18)19(26)23-9-14(10-23)15-5-3-4-8-20-15/h3-8,11-12,14,17,25H,9-10H2,1-2H3. The number of aliphatic hydroxyl groups is 1. The first-order valence-corrected chi connectivity index (χ1v) is 8.77. The van der Waals surface area contributed by atoms with Crippen molar-refractivity contribution in [3.8, 4) is 0 Å². The molecule has 3 aromatic rings. The van der Waals surface area contributed by atoms with E-state index in [-0.39, 0.29) is 17.7 Å². The SMILES string of the molecule is CC(C)C(O)c1nnc2ccc(C(=O)N3CC(c4ccccn4)C3)cn12. The molecule has 1 aliphatic rings. The van der Waals surface area contributed by atoms with Gasteiger partial charge in [-0.15, -0.1) is 10.2 Å². The van der Waals surface area contributed by atoms with Gasteiger partial charge >= 0.3 is 0 Å². The molecule has 7 nitrogen and oxygen atoms in total. The monoisotopic (exact) mass is 351 g/mol. The van der Waals surface area contributed by atoms with Crippen LogP contribution in [-0.2, 0) is 0 Å². The van der Waals surface area contributed by atoms with Crippen LogP contribution in [0.4, 0.5) is 0 Å². The van der Waals surface area contributed by atoms with Gasteiger partial charge in [-0.05, 0) is 30.2 Å². The van der Waals surface area contributed by atoms with E-state index < -0.39 is 6.10 Å². The van der Waals surface area contributed by atoms with Crippen LogP contribution in [0.1, 0.15) is 47.7 Å². The third-order valence-corrected chi connectivity index (χ3v) is 4.85. The van der Waals surface area contributed by atoms with Gasteiger partial charge in [-0.1, -0.05) is 19.9 Å². The average Bonchev–Trinajstić information content (AvgIpc) is 3.03. The van der Waals surface area contributed by atoms with Crippen molar-refractivity contribution < 1.29 is 9.90 Å². The van der Waals surface area contributed by atoms with E-state index in [0.717, 1.165) is 5.69 Å². The molecule has 134 valence electrons. The van der Waals surface area contributed by atoms with E-state index in [1.165, 1.54) is 0 Å². The zero-order chi connectivity index (χ0) is 18.3. The predicted molar refractivity (Wildman–Crippen MR) is 95.7 cm³/mol. The van der Waals surface area contributed by atoms with Gasteiger partial charge in [0, 0.05) is 37.1 Å². The van der Waals surface area contributed by atoms with Gasteiger partial charge in [-0.25, -0.2) is 0 Å². The molecule has 1 atom stereocenters. The Kier molecular flexibility index (Phi) is 4.16. The smallest absolute Gasteiger partial charge is 0.255 e. The maximum Gasteiger partial charge on any atom is 0.255 e. The van der Waals surface area contributed by atoms with Gasteiger partial charge in [0.05, 0.1) is 5.56 Å². The van der Waals surface area contributed by atoms with Crippen molar-refractivity contribution in [2.24, 2.45) is 5.92 Å². The highest BCUT2D eigenvalue weighted by atomic mass is 16.3. The van der Waals surface area contributed by atoms with Crippen molar-refractivity contribution >= 4 is 11.6 Å². The molecule has 7 heteroatoms. The minimum Gasteiger partial charge on any atom is -0.385 e. The second-order valence-electron chi connectivity index (χ2n) is 7.05. The molecule has 0 bridgehead atoms. The van der Waals surface area contributed by atoms with E-state index in [1.807, 2.05) is 36.9 Å². The maximum atomic E-state index is 12.8. The molecule has 0 saturated carbocycles. The molecule has 3 aromatic heterocycles. The molecular formula is C19H21N5O2. The van der Waals surface area contributed by atoms with Crippen LogP contribution in [-0.4, -0.2) is 48.6 Å². The number of rotatable bonds is 4. The van der Waals surface area contributed by atoms with Crippen molar-refractivity contribution in [3.63, 3.8) is 0 Å². The van der Waals surface area contributed by atoms with Crippen molar-refractivity contribution in [3.05, 3.63) is 59.8 Å². The van der Waals surface area contributed by atoms with Crippen LogP contribution in [0.15, 0.2) is 42.7 Å². The Morgan fingerprint density at radius 1 is 1.19 bits per heavy atom. The molecule has 1 fully saturated rings. The molecule has 4 rings (SSSR count). The van der Waals surface area contributed by atoms with Crippen LogP contribution < -0.4 is 0 Å². The van der Waals surface area contributed by atoms with E-state index in [2.05, 4.69) is 15.2 Å². The number of amides is 1. The Hall–Kier alpha value is -2.80. The molecule has 26 heavy (non-hydrogen) atoms. The predicted octanol–water partition coefficient (Wildman–Crippen LogP) is 2.05. The highest BCUT2D eigenvalue weighted by molar-refractivity contribution is 5.94. The van der Waals surface area contributed by atoms with Crippen molar-refractivity contribution in [2.45, 2.75) is 25.9 Å². The number of fused-ring (bicyclic) bond motifs is 1. The van der Waals surface area contributed by atoms with Crippen LogP contribution in [0.2, 0.25) is 0 Å². The maximum absolute atomic E-state index is 12.8. The first-order chi connectivity index (χ1) is 12.5. The summed E-state index contributed by atoms with van der Waals surface area (Å²) in [7, 11) is 0. The molecule has 1 saturated heterocycles. The van der Waals surface area contributed by atoms with E-state index in [0.29, 0.717) is 30.1 Å². The summed E-state index contributed by atoms with van der Waals surface area (Å²) in [5.74, 6) is 0.728. The molecule has 0 spiro atoms. The summed E-state index contributed by atoms with van der Waals surface area (Å²) in [5, 5.41) is 18.5. The number of nitrogens with zero attached hydrogens (tertiary/aromatic N) is 5. The molecule has 0 radical (unpaired) electrons. The largest absolute Gasteiger partial charge is 0.385 e. The quantitative estimate of drug-likeness (QED) is 0.778. The van der Waals surface area contributed by atoms with Crippen molar-refractivity contribution in [2.75, 3.05) is 13.1 Å². The summed E-state index contributed by atoms with van der Waals surface area (Å²) in [6, 6.07) is 9.37. The number of carbonyl (C=O) groups is 1. The molecule has 0 aromatic carbocycles. The molecule has 1 unspecified atom stereocenters. The van der Waals surface area contributed by atoms with Gasteiger partial charge in [-0.3, -0.25) is 14.2 Å². The molecule has 1 N–H and O–H groups in total. The summed E-state index contributed by atoms with van der Waals surface area (Å²) < 4.78 is 1.70. The van der Waals surface area contributed by atoms with Gasteiger partial charge in [0.25, 0.3) is 5.91 Å². The van der Waals surface area contributed by atoms with E-state index in [4.69, 9.17) is 0 Å². The van der Waals surface area contributed by atoms with E-state index >= 15 is 0 Å². The Morgan fingerprint density at radius 2 is 2.00 bits per heavy atom.